The Labute approximate surface area is 167 Å². The number of benzene rings is 3. The van der Waals surface area contributed by atoms with E-state index in [1.165, 1.54) is 0 Å². The van der Waals surface area contributed by atoms with Gasteiger partial charge in [0.15, 0.2) is 5.54 Å². The highest BCUT2D eigenvalue weighted by atomic mass is 16.5. The monoisotopic (exact) mass is 379 g/mol. The Hall–Kier alpha value is -3.86. The molecule has 0 saturated heterocycles. The van der Waals surface area contributed by atoms with Crippen LogP contribution in [0.25, 0.3) is 22.0 Å². The van der Waals surface area contributed by atoms with Gasteiger partial charge in [-0.05, 0) is 29.8 Å². The molecule has 140 valence electrons. The van der Waals surface area contributed by atoms with Crippen LogP contribution in [0.3, 0.4) is 0 Å². The van der Waals surface area contributed by atoms with E-state index in [1.54, 1.807) is 0 Å². The topological polar surface area (TPSA) is 69.7 Å². The third-order valence-electron chi connectivity index (χ3n) is 5.65. The van der Waals surface area contributed by atoms with Gasteiger partial charge < -0.3 is 15.2 Å². The number of aromatic nitrogens is 1. The van der Waals surface area contributed by atoms with Crippen molar-refractivity contribution < 1.29 is 9.47 Å². The highest BCUT2D eigenvalue weighted by Crippen LogP contribution is 2.51. The van der Waals surface area contributed by atoms with Crippen molar-refractivity contribution >= 4 is 16.9 Å². The number of ether oxygens (including phenoxy) is 2. The molecule has 0 radical (unpaired) electrons. The Bertz CT molecular complexity index is 1310. The summed E-state index contributed by atoms with van der Waals surface area (Å²) in [7, 11) is 0. The van der Waals surface area contributed by atoms with Crippen LogP contribution in [0.2, 0.25) is 0 Å². The van der Waals surface area contributed by atoms with Crippen molar-refractivity contribution in [2.45, 2.75) is 5.54 Å². The predicted octanol–water partition coefficient (Wildman–Crippen LogP) is 4.60. The van der Waals surface area contributed by atoms with Crippen LogP contribution < -0.4 is 10.5 Å². The molecular weight excluding hydrogens is 362 g/mol. The third kappa shape index (κ3) is 2.27. The molecule has 0 unspecified atom stereocenters. The summed E-state index contributed by atoms with van der Waals surface area (Å²) in [5.74, 6) is 1.55. The van der Waals surface area contributed by atoms with Crippen molar-refractivity contribution in [3.05, 3.63) is 90.1 Å². The molecular formula is C24H17N3O2. The Kier molecular flexibility index (Phi) is 3.23. The largest absolute Gasteiger partial charge is 0.462 e. The summed E-state index contributed by atoms with van der Waals surface area (Å²) in [6.45, 7) is 0.351. The molecule has 0 fully saturated rings. The number of hydrogen-bond acceptors (Lipinski definition) is 5. The number of nitrogens with zero attached hydrogens (tertiary/aromatic N) is 2. The van der Waals surface area contributed by atoms with Crippen LogP contribution in [-0.2, 0) is 10.3 Å². The van der Waals surface area contributed by atoms with Crippen LogP contribution in [0.5, 0.6) is 11.5 Å². The van der Waals surface area contributed by atoms with Crippen molar-refractivity contribution in [2.24, 2.45) is 10.7 Å². The van der Waals surface area contributed by atoms with Gasteiger partial charge in [0, 0.05) is 28.3 Å². The number of para-hydroxylation sites is 2. The van der Waals surface area contributed by atoms with E-state index < -0.39 is 5.54 Å². The van der Waals surface area contributed by atoms with Crippen LogP contribution in [0.4, 0.5) is 0 Å². The van der Waals surface area contributed by atoms with Crippen LogP contribution in [0.15, 0.2) is 84.0 Å². The van der Waals surface area contributed by atoms with Crippen LogP contribution in [0, 0.1) is 0 Å². The van der Waals surface area contributed by atoms with E-state index in [-0.39, 0.29) is 6.02 Å². The Balaban J connectivity index is 1.61. The lowest BCUT2D eigenvalue weighted by atomic mass is 9.80. The maximum atomic E-state index is 6.20. The normalized spacial score (nSPS) is 19.2. The molecule has 5 nitrogen and oxygen atoms in total. The number of hydrogen-bond donors (Lipinski definition) is 1. The molecule has 29 heavy (non-hydrogen) atoms. The number of aliphatic imine (C=N–C) groups is 1. The molecule has 0 saturated carbocycles. The first kappa shape index (κ1) is 16.1. The van der Waals surface area contributed by atoms with E-state index in [0.29, 0.717) is 6.61 Å². The molecule has 3 aromatic carbocycles. The first-order valence-electron chi connectivity index (χ1n) is 9.49. The second-order valence-electron chi connectivity index (χ2n) is 7.29. The number of nitrogens with two attached hydrogens (primary N) is 1. The second-order valence-corrected chi connectivity index (χ2v) is 7.29. The van der Waals surface area contributed by atoms with Crippen LogP contribution in [0.1, 0.15) is 11.1 Å². The minimum atomic E-state index is -0.706. The van der Waals surface area contributed by atoms with Crippen molar-refractivity contribution in [1.29, 1.82) is 0 Å². The lowest BCUT2D eigenvalue weighted by Gasteiger charge is -2.33. The number of pyridine rings is 1. The molecule has 1 aromatic heterocycles. The number of fused-ring (bicyclic) bond motifs is 5. The maximum Gasteiger partial charge on any atom is 0.283 e. The van der Waals surface area contributed by atoms with Crippen LogP contribution >= 0.6 is 0 Å². The Morgan fingerprint density at radius 2 is 1.72 bits per heavy atom. The molecule has 2 aliphatic rings. The molecule has 1 atom stereocenters. The second kappa shape index (κ2) is 5.82. The highest BCUT2D eigenvalue weighted by molar-refractivity contribution is 5.94. The number of amidine groups is 1. The zero-order valence-corrected chi connectivity index (χ0v) is 15.5. The summed E-state index contributed by atoms with van der Waals surface area (Å²) in [4.78, 5) is 9.34. The molecule has 3 heterocycles. The molecule has 0 amide bonds. The summed E-state index contributed by atoms with van der Waals surface area (Å²) in [5, 5.41) is 1.10. The van der Waals surface area contributed by atoms with Gasteiger partial charge in [-0.1, -0.05) is 48.5 Å². The van der Waals surface area contributed by atoms with E-state index in [4.69, 9.17) is 20.2 Å². The van der Waals surface area contributed by atoms with Crippen molar-refractivity contribution in [3.63, 3.8) is 0 Å². The average Bonchev–Trinajstić information content (AvgIpc) is 3.16. The van der Waals surface area contributed by atoms with Gasteiger partial charge in [-0.25, -0.2) is 4.99 Å². The summed E-state index contributed by atoms with van der Waals surface area (Å²) in [6, 6.07) is 24.5. The molecule has 5 heteroatoms. The van der Waals surface area contributed by atoms with E-state index in [1.807, 2.05) is 42.6 Å². The fourth-order valence-corrected chi connectivity index (χ4v) is 4.31. The fraction of sp³-hybridized carbons (Fsp3) is 0.0833. The van der Waals surface area contributed by atoms with Gasteiger partial charge >= 0.3 is 0 Å². The van der Waals surface area contributed by atoms with Crippen molar-refractivity contribution in [3.8, 4) is 22.6 Å². The van der Waals surface area contributed by atoms with Gasteiger partial charge in [0.05, 0.1) is 5.52 Å². The van der Waals surface area contributed by atoms with Gasteiger partial charge in [0.25, 0.3) is 6.02 Å². The van der Waals surface area contributed by atoms with Crippen molar-refractivity contribution in [1.82, 2.24) is 4.98 Å². The number of rotatable bonds is 1. The molecule has 2 N–H and O–H groups in total. The molecule has 2 aliphatic heterocycles. The predicted molar refractivity (Wildman–Crippen MR) is 112 cm³/mol. The highest BCUT2D eigenvalue weighted by Gasteiger charge is 2.46. The smallest absolute Gasteiger partial charge is 0.283 e. The Morgan fingerprint density at radius 1 is 0.862 bits per heavy atom. The summed E-state index contributed by atoms with van der Waals surface area (Å²) < 4.78 is 11.8. The molecule has 6 rings (SSSR count). The standard InChI is InChI=1S/C24H17N3O2/c25-23-27-24(14-28-23)18-8-1-2-9-20(18)29-21-11-10-16(13-19(21)24)17-7-3-5-15-6-4-12-26-22(15)17/h1-13H,14H2,(H2,25,27)/t24-/m1/s1. The van der Waals surface area contributed by atoms with E-state index >= 15 is 0 Å². The zero-order valence-electron chi connectivity index (χ0n) is 15.5. The van der Waals surface area contributed by atoms with Gasteiger partial charge in [-0.15, -0.1) is 0 Å². The van der Waals surface area contributed by atoms with E-state index in [2.05, 4.69) is 41.4 Å². The lowest BCUT2D eigenvalue weighted by molar-refractivity contribution is 0.264. The first-order chi connectivity index (χ1) is 14.2. The molecule has 0 bridgehead atoms. The third-order valence-corrected chi connectivity index (χ3v) is 5.65. The summed E-state index contributed by atoms with van der Waals surface area (Å²) in [5.41, 5.74) is 10.2. The summed E-state index contributed by atoms with van der Waals surface area (Å²) in [6.07, 6.45) is 1.82. The zero-order chi connectivity index (χ0) is 19.4. The first-order valence-corrected chi connectivity index (χ1v) is 9.49. The molecule has 1 spiro atoms. The minimum absolute atomic E-state index is 0.199. The Morgan fingerprint density at radius 3 is 2.62 bits per heavy atom. The lowest BCUT2D eigenvalue weighted by Crippen LogP contribution is -2.31. The fourth-order valence-electron chi connectivity index (χ4n) is 4.31. The van der Waals surface area contributed by atoms with Crippen LogP contribution in [-0.4, -0.2) is 17.6 Å². The van der Waals surface area contributed by atoms with E-state index in [9.17, 15) is 0 Å². The summed E-state index contributed by atoms with van der Waals surface area (Å²) >= 11 is 0. The van der Waals surface area contributed by atoms with E-state index in [0.717, 1.165) is 44.7 Å². The molecule has 0 aliphatic carbocycles. The average molecular weight is 379 g/mol. The van der Waals surface area contributed by atoms with Gasteiger partial charge in [-0.2, -0.15) is 0 Å². The van der Waals surface area contributed by atoms with Gasteiger partial charge in [0.1, 0.15) is 18.1 Å². The minimum Gasteiger partial charge on any atom is -0.462 e. The maximum absolute atomic E-state index is 6.20. The quantitative estimate of drug-likeness (QED) is 0.525. The SMILES string of the molecule is NC1=N[C@]2(CO1)c1ccccc1Oc1ccc(-c3cccc4cccnc34)cc12. The van der Waals surface area contributed by atoms with Crippen molar-refractivity contribution in [2.75, 3.05) is 6.61 Å². The van der Waals surface area contributed by atoms with Gasteiger partial charge in [-0.3, -0.25) is 4.98 Å². The van der Waals surface area contributed by atoms with Gasteiger partial charge in [0.2, 0.25) is 0 Å². The molecule has 4 aromatic rings.